The van der Waals surface area contributed by atoms with E-state index in [2.05, 4.69) is 17.2 Å². The van der Waals surface area contributed by atoms with Crippen molar-refractivity contribution in [1.29, 1.82) is 0 Å². The number of rotatable bonds is 8. The van der Waals surface area contributed by atoms with Gasteiger partial charge in [-0.25, -0.2) is 0 Å². The van der Waals surface area contributed by atoms with E-state index in [1.165, 1.54) is 4.90 Å². The van der Waals surface area contributed by atoms with Crippen molar-refractivity contribution in [3.05, 3.63) is 65.9 Å². The molecule has 2 amide bonds. The Bertz CT molecular complexity index is 1060. The molecule has 1 aliphatic rings. The number of nitrogens with zero attached hydrogens (tertiary/aromatic N) is 2. The molecule has 154 valence electrons. The molecule has 4 rings (SSSR count). The molecule has 6 nitrogen and oxygen atoms in total. The molecule has 3 aromatic rings. The van der Waals surface area contributed by atoms with Crippen molar-refractivity contribution in [2.75, 3.05) is 19.0 Å². The van der Waals surface area contributed by atoms with Crippen LogP contribution in [0.3, 0.4) is 0 Å². The topological polar surface area (TPSA) is 71.5 Å². The fourth-order valence-electron chi connectivity index (χ4n) is 3.93. The number of hydrogen-bond donors (Lipinski definition) is 1. The van der Waals surface area contributed by atoms with E-state index in [0.717, 1.165) is 41.6 Å². The van der Waals surface area contributed by atoms with Crippen molar-refractivity contribution in [3.63, 3.8) is 0 Å². The van der Waals surface area contributed by atoms with Crippen molar-refractivity contribution in [1.82, 2.24) is 9.88 Å². The minimum absolute atomic E-state index is 0.192. The molecule has 0 radical (unpaired) electrons. The number of nitrogens with one attached hydrogen (secondary N) is 1. The maximum Gasteiger partial charge on any atom is 0.261 e. The SMILES string of the molecule is CCC(CCCN1C(=O)c2ccccc2C1=O)Nc1cc(OC)cc2cccnc12. The van der Waals surface area contributed by atoms with Crippen LogP contribution in [-0.2, 0) is 0 Å². The van der Waals surface area contributed by atoms with Gasteiger partial charge >= 0.3 is 0 Å². The van der Waals surface area contributed by atoms with E-state index in [4.69, 9.17) is 4.74 Å². The summed E-state index contributed by atoms with van der Waals surface area (Å²) in [6.45, 7) is 2.54. The molecule has 0 fully saturated rings. The average molecular weight is 403 g/mol. The summed E-state index contributed by atoms with van der Waals surface area (Å²) in [5.41, 5.74) is 2.83. The third kappa shape index (κ3) is 3.73. The normalized spacial score (nSPS) is 14.1. The first kappa shape index (κ1) is 19.9. The lowest BCUT2D eigenvalue weighted by atomic mass is 10.1. The number of anilines is 1. The quantitative estimate of drug-likeness (QED) is 0.560. The Labute approximate surface area is 175 Å². The predicted molar refractivity (Wildman–Crippen MR) is 117 cm³/mol. The summed E-state index contributed by atoms with van der Waals surface area (Å²) in [6, 6.07) is 15.1. The Kier molecular flexibility index (Phi) is 5.65. The second-order valence-corrected chi connectivity index (χ2v) is 7.45. The van der Waals surface area contributed by atoms with Gasteiger partial charge in [0.2, 0.25) is 0 Å². The van der Waals surface area contributed by atoms with Crippen molar-refractivity contribution in [3.8, 4) is 5.75 Å². The smallest absolute Gasteiger partial charge is 0.261 e. The maximum atomic E-state index is 12.5. The van der Waals surface area contributed by atoms with Gasteiger partial charge in [-0.1, -0.05) is 25.1 Å². The van der Waals surface area contributed by atoms with E-state index >= 15 is 0 Å². The monoisotopic (exact) mass is 403 g/mol. The van der Waals surface area contributed by atoms with E-state index < -0.39 is 0 Å². The first-order chi connectivity index (χ1) is 14.6. The number of methoxy groups -OCH3 is 1. The molecule has 0 bridgehead atoms. The molecular formula is C24H25N3O3. The van der Waals surface area contributed by atoms with Crippen LogP contribution < -0.4 is 10.1 Å². The first-order valence-corrected chi connectivity index (χ1v) is 10.3. The number of imide groups is 1. The Morgan fingerprint density at radius 1 is 1.07 bits per heavy atom. The number of amides is 2. The maximum absolute atomic E-state index is 12.5. The summed E-state index contributed by atoms with van der Waals surface area (Å²) < 4.78 is 5.43. The Hall–Kier alpha value is -3.41. The highest BCUT2D eigenvalue weighted by atomic mass is 16.5. The minimum atomic E-state index is -0.195. The van der Waals surface area contributed by atoms with Gasteiger partial charge in [0.15, 0.2) is 0 Å². The van der Waals surface area contributed by atoms with Gasteiger partial charge in [-0.2, -0.15) is 0 Å². The molecule has 6 heteroatoms. The second-order valence-electron chi connectivity index (χ2n) is 7.45. The van der Waals surface area contributed by atoms with Gasteiger partial charge in [0, 0.05) is 30.2 Å². The summed E-state index contributed by atoms with van der Waals surface area (Å²) in [5.74, 6) is 0.387. The average Bonchev–Trinajstić information content (AvgIpc) is 3.03. The van der Waals surface area contributed by atoms with Crippen LogP contribution in [0.4, 0.5) is 5.69 Å². The Morgan fingerprint density at radius 3 is 2.47 bits per heavy atom. The number of ether oxygens (including phenoxy) is 1. The molecule has 0 saturated carbocycles. The van der Waals surface area contributed by atoms with E-state index in [1.807, 2.05) is 24.3 Å². The minimum Gasteiger partial charge on any atom is -0.497 e. The van der Waals surface area contributed by atoms with Crippen LogP contribution in [0, 0.1) is 0 Å². The molecule has 0 saturated heterocycles. The van der Waals surface area contributed by atoms with Gasteiger partial charge < -0.3 is 10.1 Å². The van der Waals surface area contributed by atoms with E-state index in [9.17, 15) is 9.59 Å². The van der Waals surface area contributed by atoms with Crippen LogP contribution in [0.15, 0.2) is 54.7 Å². The Balaban J connectivity index is 1.43. The zero-order chi connectivity index (χ0) is 21.1. The van der Waals surface area contributed by atoms with Crippen LogP contribution >= 0.6 is 0 Å². The van der Waals surface area contributed by atoms with Gasteiger partial charge in [0.1, 0.15) is 5.75 Å². The van der Waals surface area contributed by atoms with E-state index in [0.29, 0.717) is 17.7 Å². The number of benzene rings is 2. The highest BCUT2D eigenvalue weighted by Gasteiger charge is 2.34. The van der Waals surface area contributed by atoms with Gasteiger partial charge in [0.05, 0.1) is 29.4 Å². The fraction of sp³-hybridized carbons (Fsp3) is 0.292. The third-order valence-corrected chi connectivity index (χ3v) is 5.58. The predicted octanol–water partition coefficient (Wildman–Crippen LogP) is 4.51. The Morgan fingerprint density at radius 2 is 1.80 bits per heavy atom. The van der Waals surface area contributed by atoms with Crippen LogP contribution in [-0.4, -0.2) is 41.4 Å². The molecular weight excluding hydrogens is 378 g/mol. The molecule has 2 heterocycles. The number of fused-ring (bicyclic) bond motifs is 2. The van der Waals surface area contributed by atoms with Crippen molar-refractivity contribution >= 4 is 28.4 Å². The molecule has 1 unspecified atom stereocenters. The van der Waals surface area contributed by atoms with Crippen molar-refractivity contribution in [2.24, 2.45) is 0 Å². The van der Waals surface area contributed by atoms with Crippen LogP contribution in [0.2, 0.25) is 0 Å². The van der Waals surface area contributed by atoms with Gasteiger partial charge in [-0.3, -0.25) is 19.5 Å². The number of pyridine rings is 1. The summed E-state index contributed by atoms with van der Waals surface area (Å²) in [7, 11) is 1.65. The summed E-state index contributed by atoms with van der Waals surface area (Å²) in [5, 5.41) is 4.59. The van der Waals surface area contributed by atoms with Crippen LogP contribution in [0.25, 0.3) is 10.9 Å². The highest BCUT2D eigenvalue weighted by Crippen LogP contribution is 2.29. The van der Waals surface area contributed by atoms with Gasteiger partial charge in [-0.15, -0.1) is 0 Å². The largest absolute Gasteiger partial charge is 0.497 e. The van der Waals surface area contributed by atoms with Crippen LogP contribution in [0.1, 0.15) is 46.9 Å². The van der Waals surface area contributed by atoms with Gasteiger partial charge in [-0.05, 0) is 43.5 Å². The lowest BCUT2D eigenvalue weighted by molar-refractivity contribution is 0.0651. The number of carbonyl (C=O) groups is 2. The lowest BCUT2D eigenvalue weighted by Crippen LogP contribution is -2.31. The molecule has 1 atom stereocenters. The molecule has 1 aliphatic heterocycles. The number of carbonyl (C=O) groups excluding carboxylic acids is 2. The number of aromatic nitrogens is 1. The standard InChI is InChI=1S/C24H25N3O3/c1-3-17(26-21-15-18(30-2)14-16-8-6-12-25-22(16)21)9-7-13-27-23(28)19-10-4-5-11-20(19)24(27)29/h4-6,8,10-12,14-15,17,26H,3,7,9,13H2,1-2H3. The van der Waals surface area contributed by atoms with Crippen LogP contribution in [0.5, 0.6) is 5.75 Å². The summed E-state index contributed by atoms with van der Waals surface area (Å²) in [4.78, 5) is 30.9. The molecule has 1 aromatic heterocycles. The van der Waals surface area contributed by atoms with E-state index in [-0.39, 0.29) is 17.9 Å². The first-order valence-electron chi connectivity index (χ1n) is 10.3. The summed E-state index contributed by atoms with van der Waals surface area (Å²) in [6.07, 6.45) is 4.25. The van der Waals surface area contributed by atoms with E-state index in [1.54, 1.807) is 37.6 Å². The third-order valence-electron chi connectivity index (χ3n) is 5.58. The van der Waals surface area contributed by atoms with Gasteiger partial charge in [0.25, 0.3) is 11.8 Å². The van der Waals surface area contributed by atoms with Crippen molar-refractivity contribution < 1.29 is 14.3 Å². The fourth-order valence-corrected chi connectivity index (χ4v) is 3.93. The second kappa shape index (κ2) is 8.53. The number of hydrogen-bond acceptors (Lipinski definition) is 5. The molecule has 30 heavy (non-hydrogen) atoms. The van der Waals surface area contributed by atoms with Crippen molar-refractivity contribution in [2.45, 2.75) is 32.2 Å². The molecule has 1 N–H and O–H groups in total. The molecule has 2 aromatic carbocycles. The highest BCUT2D eigenvalue weighted by molar-refractivity contribution is 6.21. The lowest BCUT2D eigenvalue weighted by Gasteiger charge is -2.21. The zero-order valence-corrected chi connectivity index (χ0v) is 17.2. The zero-order valence-electron chi connectivity index (χ0n) is 17.2. The molecule has 0 spiro atoms. The molecule has 0 aliphatic carbocycles. The summed E-state index contributed by atoms with van der Waals surface area (Å²) >= 11 is 0.